The molecule has 0 aromatic carbocycles. The van der Waals surface area contributed by atoms with Gasteiger partial charge in [0.05, 0.1) is 6.54 Å². The first kappa shape index (κ1) is 13.5. The molecule has 0 atom stereocenters. The van der Waals surface area contributed by atoms with Crippen molar-refractivity contribution in [2.24, 2.45) is 0 Å². The molecule has 0 fully saturated rings. The van der Waals surface area contributed by atoms with E-state index in [0.29, 0.717) is 19.5 Å². The van der Waals surface area contributed by atoms with Crippen molar-refractivity contribution in [2.75, 3.05) is 19.6 Å². The molecule has 2 heterocycles. The molecule has 2 rings (SSSR count). The van der Waals surface area contributed by atoms with Crippen molar-refractivity contribution in [3.8, 4) is 0 Å². The minimum absolute atomic E-state index is 0.0160. The van der Waals surface area contributed by atoms with Crippen LogP contribution in [0.5, 0.6) is 0 Å². The van der Waals surface area contributed by atoms with Crippen LogP contribution in [0.1, 0.15) is 19.2 Å². The summed E-state index contributed by atoms with van der Waals surface area (Å²) in [5.41, 5.74) is 0.827. The van der Waals surface area contributed by atoms with Crippen LogP contribution in [0.4, 0.5) is 0 Å². The Balaban J connectivity index is 1.78. The van der Waals surface area contributed by atoms with Crippen molar-refractivity contribution in [2.45, 2.75) is 19.8 Å². The van der Waals surface area contributed by atoms with Gasteiger partial charge in [-0.3, -0.25) is 9.20 Å². The molecule has 6 heteroatoms. The molecule has 0 spiro atoms. The fourth-order valence-electron chi connectivity index (χ4n) is 1.82. The van der Waals surface area contributed by atoms with Crippen molar-refractivity contribution in [1.29, 1.82) is 0 Å². The van der Waals surface area contributed by atoms with Crippen molar-refractivity contribution < 1.29 is 4.79 Å². The first-order chi connectivity index (χ1) is 9.31. The van der Waals surface area contributed by atoms with Gasteiger partial charge in [0.15, 0.2) is 5.65 Å². The summed E-state index contributed by atoms with van der Waals surface area (Å²) >= 11 is 0. The predicted octanol–water partition coefficient (Wildman–Crippen LogP) is 0.388. The smallest absolute Gasteiger partial charge is 0.233 e. The fraction of sp³-hybridized carbons (Fsp3) is 0.462. The average molecular weight is 261 g/mol. The highest BCUT2D eigenvalue weighted by Gasteiger charge is 2.05. The number of hydrogen-bond acceptors (Lipinski definition) is 4. The topological polar surface area (TPSA) is 71.3 Å². The summed E-state index contributed by atoms with van der Waals surface area (Å²) in [6, 6.07) is 5.77. The lowest BCUT2D eigenvalue weighted by atomic mass is 10.3. The van der Waals surface area contributed by atoms with Crippen LogP contribution in [0, 0.1) is 0 Å². The lowest BCUT2D eigenvalue weighted by Gasteiger charge is -2.05. The summed E-state index contributed by atoms with van der Waals surface area (Å²) in [5.74, 6) is 0.875. The van der Waals surface area contributed by atoms with Crippen LogP contribution in [0.15, 0.2) is 24.4 Å². The lowest BCUT2D eigenvalue weighted by molar-refractivity contribution is -0.120. The van der Waals surface area contributed by atoms with E-state index in [1.54, 1.807) is 0 Å². The van der Waals surface area contributed by atoms with Gasteiger partial charge in [-0.2, -0.15) is 0 Å². The average Bonchev–Trinajstić information content (AvgIpc) is 2.83. The third-order valence-electron chi connectivity index (χ3n) is 2.77. The molecule has 102 valence electrons. The van der Waals surface area contributed by atoms with Gasteiger partial charge in [0, 0.05) is 19.2 Å². The molecule has 1 amide bonds. The second-order valence-electron chi connectivity index (χ2n) is 4.32. The van der Waals surface area contributed by atoms with Gasteiger partial charge in [-0.1, -0.05) is 13.0 Å². The molecule has 2 aromatic rings. The molecule has 0 bridgehead atoms. The summed E-state index contributed by atoms with van der Waals surface area (Å²) in [5, 5.41) is 14.1. The fourth-order valence-corrected chi connectivity index (χ4v) is 1.82. The van der Waals surface area contributed by atoms with E-state index in [9.17, 15) is 4.79 Å². The van der Waals surface area contributed by atoms with Crippen LogP contribution in [-0.4, -0.2) is 40.1 Å². The molecular formula is C13H19N5O. The molecule has 0 saturated carbocycles. The summed E-state index contributed by atoms with van der Waals surface area (Å²) in [6.07, 6.45) is 3.62. The number of pyridine rings is 1. The van der Waals surface area contributed by atoms with E-state index in [-0.39, 0.29) is 5.91 Å². The monoisotopic (exact) mass is 261 g/mol. The van der Waals surface area contributed by atoms with E-state index < -0.39 is 0 Å². The molecule has 0 aliphatic carbocycles. The second-order valence-corrected chi connectivity index (χ2v) is 4.32. The first-order valence-electron chi connectivity index (χ1n) is 6.57. The maximum atomic E-state index is 11.5. The summed E-state index contributed by atoms with van der Waals surface area (Å²) in [6.45, 7) is 3.88. The predicted molar refractivity (Wildman–Crippen MR) is 72.9 cm³/mol. The number of nitrogens with zero attached hydrogens (tertiary/aromatic N) is 3. The molecule has 6 nitrogen and oxygen atoms in total. The Morgan fingerprint density at radius 2 is 2.21 bits per heavy atom. The van der Waals surface area contributed by atoms with Crippen molar-refractivity contribution >= 4 is 11.6 Å². The van der Waals surface area contributed by atoms with Crippen molar-refractivity contribution in [3.63, 3.8) is 0 Å². The Morgan fingerprint density at radius 3 is 3.05 bits per heavy atom. The highest BCUT2D eigenvalue weighted by Crippen LogP contribution is 2.02. The minimum Gasteiger partial charge on any atom is -0.355 e. The third-order valence-corrected chi connectivity index (χ3v) is 2.77. The van der Waals surface area contributed by atoms with Crippen LogP contribution in [0.3, 0.4) is 0 Å². The van der Waals surface area contributed by atoms with Gasteiger partial charge < -0.3 is 10.6 Å². The molecule has 0 saturated heterocycles. The highest BCUT2D eigenvalue weighted by molar-refractivity contribution is 5.77. The van der Waals surface area contributed by atoms with Gasteiger partial charge in [-0.15, -0.1) is 10.2 Å². The zero-order valence-corrected chi connectivity index (χ0v) is 11.1. The minimum atomic E-state index is 0.0160. The zero-order valence-electron chi connectivity index (χ0n) is 11.1. The molecule has 2 aromatic heterocycles. The Morgan fingerprint density at radius 1 is 1.32 bits per heavy atom. The number of rotatable bonds is 7. The SMILES string of the molecule is CCCNCC(=O)NCCc1nnc2ccccn12. The van der Waals surface area contributed by atoms with Crippen LogP contribution in [-0.2, 0) is 11.2 Å². The number of fused-ring (bicyclic) bond motifs is 1. The van der Waals surface area contributed by atoms with Crippen LogP contribution in [0.2, 0.25) is 0 Å². The van der Waals surface area contributed by atoms with Gasteiger partial charge >= 0.3 is 0 Å². The number of nitrogens with one attached hydrogen (secondary N) is 2. The van der Waals surface area contributed by atoms with Crippen molar-refractivity contribution in [3.05, 3.63) is 30.2 Å². The molecular weight excluding hydrogens is 242 g/mol. The molecule has 0 radical (unpaired) electrons. The van der Waals surface area contributed by atoms with Crippen LogP contribution in [0.25, 0.3) is 5.65 Å². The quantitative estimate of drug-likeness (QED) is 0.707. The van der Waals surface area contributed by atoms with E-state index >= 15 is 0 Å². The Kier molecular flexibility index (Phi) is 4.85. The van der Waals surface area contributed by atoms with Gasteiger partial charge in [-0.25, -0.2) is 0 Å². The number of amides is 1. The summed E-state index contributed by atoms with van der Waals surface area (Å²) < 4.78 is 1.93. The molecule has 19 heavy (non-hydrogen) atoms. The van der Waals surface area contributed by atoms with E-state index in [2.05, 4.69) is 27.8 Å². The normalized spacial score (nSPS) is 10.8. The maximum Gasteiger partial charge on any atom is 0.233 e. The van der Waals surface area contributed by atoms with E-state index in [1.165, 1.54) is 0 Å². The van der Waals surface area contributed by atoms with Crippen LogP contribution >= 0.6 is 0 Å². The van der Waals surface area contributed by atoms with E-state index in [0.717, 1.165) is 24.4 Å². The highest BCUT2D eigenvalue weighted by atomic mass is 16.1. The lowest BCUT2D eigenvalue weighted by Crippen LogP contribution is -2.35. The number of carbonyl (C=O) groups is 1. The van der Waals surface area contributed by atoms with Gasteiger partial charge in [0.1, 0.15) is 5.82 Å². The second kappa shape index (κ2) is 6.84. The Bertz CT molecular complexity index is 537. The van der Waals surface area contributed by atoms with E-state index in [1.807, 2.05) is 28.8 Å². The molecule has 0 aliphatic rings. The number of hydrogen-bond donors (Lipinski definition) is 2. The van der Waals surface area contributed by atoms with Crippen LogP contribution < -0.4 is 10.6 Å². The van der Waals surface area contributed by atoms with Crippen molar-refractivity contribution in [1.82, 2.24) is 25.2 Å². The number of carbonyl (C=O) groups excluding carboxylic acids is 1. The standard InChI is InChI=1S/C13H19N5O/c1-2-7-14-10-13(19)15-8-6-12-17-16-11-5-3-4-9-18(11)12/h3-5,9,14H,2,6-8,10H2,1H3,(H,15,19). The van der Waals surface area contributed by atoms with Gasteiger partial charge in [-0.05, 0) is 25.1 Å². The summed E-state index contributed by atoms with van der Waals surface area (Å²) in [7, 11) is 0. The largest absolute Gasteiger partial charge is 0.355 e. The third kappa shape index (κ3) is 3.75. The first-order valence-corrected chi connectivity index (χ1v) is 6.57. The maximum absolute atomic E-state index is 11.5. The van der Waals surface area contributed by atoms with E-state index in [4.69, 9.17) is 0 Å². The summed E-state index contributed by atoms with van der Waals surface area (Å²) in [4.78, 5) is 11.5. The van der Waals surface area contributed by atoms with Gasteiger partial charge in [0.25, 0.3) is 0 Å². The Hall–Kier alpha value is -1.95. The molecule has 0 aliphatic heterocycles. The molecule has 0 unspecified atom stereocenters. The van der Waals surface area contributed by atoms with Gasteiger partial charge in [0.2, 0.25) is 5.91 Å². The zero-order chi connectivity index (χ0) is 13.5. The Labute approximate surface area is 112 Å². The molecule has 2 N–H and O–H groups in total. The number of aromatic nitrogens is 3.